The monoisotopic (exact) mass is 303 g/mol. The number of piperidine rings is 1. The van der Waals surface area contributed by atoms with Gasteiger partial charge in [0.15, 0.2) is 5.60 Å². The van der Waals surface area contributed by atoms with Gasteiger partial charge in [0, 0.05) is 31.9 Å². The van der Waals surface area contributed by atoms with Crippen molar-refractivity contribution in [3.8, 4) is 0 Å². The summed E-state index contributed by atoms with van der Waals surface area (Å²) in [7, 11) is 0. The third-order valence-corrected chi connectivity index (χ3v) is 4.55. The minimum atomic E-state index is -1.25. The van der Waals surface area contributed by atoms with Gasteiger partial charge in [0.2, 0.25) is 0 Å². The summed E-state index contributed by atoms with van der Waals surface area (Å²) in [5.74, 6) is 0.561. The Morgan fingerprint density at radius 2 is 2.27 bits per heavy atom. The smallest absolute Gasteiger partial charge is 0.255 e. The van der Waals surface area contributed by atoms with Crippen molar-refractivity contribution in [3.05, 3.63) is 29.6 Å². The average molecular weight is 303 g/mol. The van der Waals surface area contributed by atoms with Crippen molar-refractivity contribution < 1.29 is 9.90 Å². The van der Waals surface area contributed by atoms with Crippen molar-refractivity contribution in [3.63, 3.8) is 0 Å². The minimum absolute atomic E-state index is 0.102. The van der Waals surface area contributed by atoms with Crippen molar-refractivity contribution in [2.24, 2.45) is 5.92 Å². The highest BCUT2D eigenvalue weighted by Crippen LogP contribution is 2.32. The van der Waals surface area contributed by atoms with Crippen LogP contribution in [0.25, 0.3) is 0 Å². The van der Waals surface area contributed by atoms with Crippen LogP contribution in [0.1, 0.15) is 37.1 Å². The molecule has 1 aliphatic heterocycles. The molecule has 1 saturated carbocycles. The quantitative estimate of drug-likeness (QED) is 0.830. The summed E-state index contributed by atoms with van der Waals surface area (Å²) in [4.78, 5) is 18.8. The number of nitrogens with zero attached hydrogens (tertiary/aromatic N) is 2. The molecule has 2 aliphatic rings. The Morgan fingerprint density at radius 3 is 3.00 bits per heavy atom. The van der Waals surface area contributed by atoms with E-state index in [2.05, 4.69) is 10.3 Å². The summed E-state index contributed by atoms with van der Waals surface area (Å²) in [6.45, 7) is 4.43. The van der Waals surface area contributed by atoms with Gasteiger partial charge in [-0.15, -0.1) is 0 Å². The van der Waals surface area contributed by atoms with Gasteiger partial charge in [0.05, 0.1) is 5.69 Å². The molecule has 0 radical (unpaired) electrons. The number of rotatable bonds is 6. The van der Waals surface area contributed by atoms with Gasteiger partial charge in [-0.05, 0) is 50.7 Å². The second-order valence-electron chi connectivity index (χ2n) is 6.70. The fourth-order valence-corrected chi connectivity index (χ4v) is 3.11. The van der Waals surface area contributed by atoms with Crippen molar-refractivity contribution in [1.29, 1.82) is 0 Å². The minimum Gasteiger partial charge on any atom is -0.379 e. The standard InChI is InChI=1S/C17H25N3O2/c1-13-4-2-5-15(19-13)10-18-12-17(22)8-3-9-20(16(17)21)11-14-6-7-14/h2,4-5,14,18,22H,3,6-12H2,1H3/t17-/m1/s1. The van der Waals surface area contributed by atoms with Crippen molar-refractivity contribution in [2.75, 3.05) is 19.6 Å². The van der Waals surface area contributed by atoms with E-state index in [9.17, 15) is 9.90 Å². The van der Waals surface area contributed by atoms with Crippen LogP contribution in [-0.4, -0.2) is 46.1 Å². The molecule has 2 N–H and O–H groups in total. The molecule has 2 fully saturated rings. The zero-order valence-electron chi connectivity index (χ0n) is 13.2. The molecule has 1 aliphatic carbocycles. The Bertz CT molecular complexity index is 544. The van der Waals surface area contributed by atoms with Crippen LogP contribution in [0, 0.1) is 12.8 Å². The van der Waals surface area contributed by atoms with Crippen LogP contribution in [0.15, 0.2) is 18.2 Å². The maximum absolute atomic E-state index is 12.5. The molecule has 5 heteroatoms. The van der Waals surface area contributed by atoms with E-state index in [0.29, 0.717) is 25.4 Å². The fraction of sp³-hybridized carbons (Fsp3) is 0.647. The number of aromatic nitrogens is 1. The number of nitrogens with one attached hydrogen (secondary N) is 1. The van der Waals surface area contributed by atoms with Gasteiger partial charge < -0.3 is 15.3 Å². The summed E-state index contributed by atoms with van der Waals surface area (Å²) >= 11 is 0. The third-order valence-electron chi connectivity index (χ3n) is 4.55. The van der Waals surface area contributed by atoms with Crippen LogP contribution in [0.3, 0.4) is 0 Å². The van der Waals surface area contributed by atoms with E-state index in [-0.39, 0.29) is 5.91 Å². The molecule has 0 aromatic carbocycles. The van der Waals surface area contributed by atoms with Gasteiger partial charge in [-0.2, -0.15) is 0 Å². The molecule has 0 spiro atoms. The summed E-state index contributed by atoms with van der Waals surface area (Å²) in [5.41, 5.74) is 0.654. The molecule has 1 amide bonds. The normalized spacial score (nSPS) is 25.5. The number of aliphatic hydroxyl groups is 1. The Labute approximate surface area is 131 Å². The van der Waals surface area contributed by atoms with Gasteiger partial charge in [-0.25, -0.2) is 0 Å². The second kappa shape index (κ2) is 6.34. The lowest BCUT2D eigenvalue weighted by Gasteiger charge is -2.38. The van der Waals surface area contributed by atoms with Gasteiger partial charge in [-0.1, -0.05) is 6.07 Å². The highest BCUT2D eigenvalue weighted by Gasteiger charge is 2.43. The molecule has 0 bridgehead atoms. The van der Waals surface area contributed by atoms with E-state index < -0.39 is 5.60 Å². The first-order valence-electron chi connectivity index (χ1n) is 8.22. The molecule has 1 aromatic heterocycles. The predicted molar refractivity (Wildman–Crippen MR) is 84.2 cm³/mol. The number of likely N-dealkylation sites (tertiary alicyclic amines) is 1. The molecule has 3 rings (SSSR count). The number of carbonyl (C=O) groups excluding carboxylic acids is 1. The van der Waals surface area contributed by atoms with Crippen LogP contribution in [0.4, 0.5) is 0 Å². The predicted octanol–water partition coefficient (Wildman–Crippen LogP) is 1.24. The number of hydrogen-bond donors (Lipinski definition) is 2. The van der Waals surface area contributed by atoms with E-state index in [1.165, 1.54) is 12.8 Å². The second-order valence-corrected chi connectivity index (χ2v) is 6.70. The third kappa shape index (κ3) is 3.65. The largest absolute Gasteiger partial charge is 0.379 e. The Morgan fingerprint density at radius 1 is 1.45 bits per heavy atom. The van der Waals surface area contributed by atoms with Crippen LogP contribution in [-0.2, 0) is 11.3 Å². The lowest BCUT2D eigenvalue weighted by atomic mass is 9.91. The first-order chi connectivity index (χ1) is 10.6. The molecular formula is C17H25N3O2. The molecule has 1 aromatic rings. The maximum atomic E-state index is 12.5. The highest BCUT2D eigenvalue weighted by molar-refractivity contribution is 5.86. The van der Waals surface area contributed by atoms with Crippen molar-refractivity contribution >= 4 is 5.91 Å². The number of aryl methyl sites for hydroxylation is 1. The zero-order valence-corrected chi connectivity index (χ0v) is 13.2. The molecular weight excluding hydrogens is 278 g/mol. The number of amides is 1. The van der Waals surface area contributed by atoms with E-state index >= 15 is 0 Å². The fourth-order valence-electron chi connectivity index (χ4n) is 3.11. The van der Waals surface area contributed by atoms with Crippen LogP contribution < -0.4 is 5.32 Å². The van der Waals surface area contributed by atoms with Gasteiger partial charge in [0.1, 0.15) is 0 Å². The van der Waals surface area contributed by atoms with Crippen molar-refractivity contribution in [2.45, 2.75) is 44.8 Å². The van der Waals surface area contributed by atoms with Crippen molar-refractivity contribution in [1.82, 2.24) is 15.2 Å². The zero-order chi connectivity index (χ0) is 15.6. The number of hydrogen-bond acceptors (Lipinski definition) is 4. The van der Waals surface area contributed by atoms with E-state index in [1.54, 1.807) is 0 Å². The summed E-state index contributed by atoms with van der Waals surface area (Å²) < 4.78 is 0. The SMILES string of the molecule is Cc1cccc(CNC[C@]2(O)CCCN(CC3CC3)C2=O)n1. The Balaban J connectivity index is 1.54. The van der Waals surface area contributed by atoms with Crippen LogP contribution in [0.5, 0.6) is 0 Å². The van der Waals surface area contributed by atoms with E-state index in [1.807, 2.05) is 30.0 Å². The van der Waals surface area contributed by atoms with Crippen LogP contribution >= 0.6 is 0 Å². The first-order valence-corrected chi connectivity index (χ1v) is 8.22. The van der Waals surface area contributed by atoms with E-state index in [0.717, 1.165) is 30.9 Å². The summed E-state index contributed by atoms with van der Waals surface area (Å²) in [5, 5.41) is 13.9. The first kappa shape index (κ1) is 15.4. The summed E-state index contributed by atoms with van der Waals surface area (Å²) in [6.07, 6.45) is 3.86. The molecule has 0 unspecified atom stereocenters. The molecule has 120 valence electrons. The van der Waals surface area contributed by atoms with Gasteiger partial charge in [-0.3, -0.25) is 9.78 Å². The molecule has 22 heavy (non-hydrogen) atoms. The van der Waals surface area contributed by atoms with E-state index in [4.69, 9.17) is 0 Å². The lowest BCUT2D eigenvalue weighted by molar-refractivity contribution is -0.156. The lowest BCUT2D eigenvalue weighted by Crippen LogP contribution is -2.58. The summed E-state index contributed by atoms with van der Waals surface area (Å²) in [6, 6.07) is 5.88. The Hall–Kier alpha value is -1.46. The van der Waals surface area contributed by atoms with Crippen LogP contribution in [0.2, 0.25) is 0 Å². The topological polar surface area (TPSA) is 65.5 Å². The Kier molecular flexibility index (Phi) is 4.45. The highest BCUT2D eigenvalue weighted by atomic mass is 16.3. The molecule has 5 nitrogen and oxygen atoms in total. The molecule has 1 saturated heterocycles. The molecule has 1 atom stereocenters. The average Bonchev–Trinajstić information content (AvgIpc) is 3.28. The molecule has 2 heterocycles. The van der Waals surface area contributed by atoms with Gasteiger partial charge >= 0.3 is 0 Å². The maximum Gasteiger partial charge on any atom is 0.255 e. The number of pyridine rings is 1. The van der Waals surface area contributed by atoms with Gasteiger partial charge in [0.25, 0.3) is 5.91 Å². The number of carbonyl (C=O) groups is 1.